The molecule has 0 radical (unpaired) electrons. The van der Waals surface area contributed by atoms with Crippen LogP contribution in [0.25, 0.3) is 6.08 Å². The molecule has 0 bridgehead atoms. The molecule has 5 nitrogen and oxygen atoms in total. The number of benzene rings is 1. The molecule has 0 aliphatic carbocycles. The number of hydrogen-bond acceptors (Lipinski definition) is 3. The van der Waals surface area contributed by atoms with Gasteiger partial charge in [0.25, 0.3) is 0 Å². The van der Waals surface area contributed by atoms with Crippen molar-refractivity contribution < 1.29 is 19.8 Å². The largest absolute Gasteiger partial charge is 0.480 e. The van der Waals surface area contributed by atoms with Crippen LogP contribution in [0.4, 0.5) is 0 Å². The van der Waals surface area contributed by atoms with E-state index in [9.17, 15) is 9.59 Å². The van der Waals surface area contributed by atoms with Crippen LogP contribution >= 0.6 is 0 Å². The number of carboxylic acids is 1. The number of amides is 1. The Labute approximate surface area is 111 Å². The molecule has 19 heavy (non-hydrogen) atoms. The number of aliphatic hydroxyl groups is 1. The first kappa shape index (κ1) is 14.9. The fourth-order valence-corrected chi connectivity index (χ4v) is 1.55. The minimum Gasteiger partial charge on any atom is -0.480 e. The summed E-state index contributed by atoms with van der Waals surface area (Å²) in [5.41, 5.74) is 1.92. The van der Waals surface area contributed by atoms with Crippen LogP contribution in [0.15, 0.2) is 30.3 Å². The molecule has 0 saturated carbocycles. The van der Waals surface area contributed by atoms with Crippen molar-refractivity contribution in [1.29, 1.82) is 0 Å². The van der Waals surface area contributed by atoms with E-state index in [-0.39, 0.29) is 13.0 Å². The van der Waals surface area contributed by atoms with Crippen molar-refractivity contribution in [1.82, 2.24) is 5.32 Å². The predicted octanol–water partition coefficient (Wildman–Crippen LogP) is 0.960. The number of aryl methyl sites for hydroxylation is 1. The quantitative estimate of drug-likeness (QED) is 0.667. The van der Waals surface area contributed by atoms with Gasteiger partial charge in [-0.1, -0.05) is 24.3 Å². The number of rotatable bonds is 6. The summed E-state index contributed by atoms with van der Waals surface area (Å²) in [4.78, 5) is 22.4. The van der Waals surface area contributed by atoms with Gasteiger partial charge in [-0.15, -0.1) is 0 Å². The molecule has 0 aliphatic heterocycles. The molecule has 1 rings (SSSR count). The van der Waals surface area contributed by atoms with Crippen LogP contribution in [0, 0.1) is 6.92 Å². The first-order chi connectivity index (χ1) is 9.04. The van der Waals surface area contributed by atoms with Crippen LogP contribution in [0.2, 0.25) is 0 Å². The summed E-state index contributed by atoms with van der Waals surface area (Å²) in [6.07, 6.45) is 2.90. The third kappa shape index (κ3) is 4.93. The Kier molecular flexibility index (Phi) is 5.75. The first-order valence-corrected chi connectivity index (χ1v) is 5.92. The maximum absolute atomic E-state index is 11.6. The van der Waals surface area contributed by atoms with Crippen molar-refractivity contribution in [2.75, 3.05) is 6.61 Å². The minimum atomic E-state index is -1.16. The highest BCUT2D eigenvalue weighted by atomic mass is 16.4. The standard InChI is InChI=1S/C14H17NO4/c1-10-4-2-3-5-11(10)6-7-13(17)15-12(8-9-16)14(18)19/h2-7,12,16H,8-9H2,1H3,(H,15,17)(H,18,19)/b7-6+. The normalized spacial score (nSPS) is 12.3. The van der Waals surface area contributed by atoms with E-state index in [4.69, 9.17) is 10.2 Å². The number of carbonyl (C=O) groups is 2. The topological polar surface area (TPSA) is 86.6 Å². The lowest BCUT2D eigenvalue weighted by Crippen LogP contribution is -2.40. The van der Waals surface area contributed by atoms with Crippen LogP contribution in [-0.4, -0.2) is 34.7 Å². The molecule has 5 heteroatoms. The van der Waals surface area contributed by atoms with Crippen molar-refractivity contribution in [3.8, 4) is 0 Å². The van der Waals surface area contributed by atoms with Crippen LogP contribution in [0.5, 0.6) is 0 Å². The van der Waals surface area contributed by atoms with E-state index >= 15 is 0 Å². The third-order valence-electron chi connectivity index (χ3n) is 2.64. The molecule has 0 saturated heterocycles. The van der Waals surface area contributed by atoms with E-state index in [1.807, 2.05) is 31.2 Å². The second-order valence-electron chi connectivity index (χ2n) is 4.10. The minimum absolute atomic E-state index is 0.0146. The number of carbonyl (C=O) groups excluding carboxylic acids is 1. The summed E-state index contributed by atoms with van der Waals surface area (Å²) in [5.74, 6) is -1.66. The van der Waals surface area contributed by atoms with E-state index in [0.717, 1.165) is 11.1 Å². The second-order valence-corrected chi connectivity index (χ2v) is 4.10. The monoisotopic (exact) mass is 263 g/mol. The van der Waals surface area contributed by atoms with Crippen LogP contribution in [0.3, 0.4) is 0 Å². The fraction of sp³-hybridized carbons (Fsp3) is 0.286. The van der Waals surface area contributed by atoms with Gasteiger partial charge in [-0.05, 0) is 24.1 Å². The predicted molar refractivity (Wildman–Crippen MR) is 71.5 cm³/mol. The van der Waals surface area contributed by atoms with Crippen molar-refractivity contribution in [3.05, 3.63) is 41.5 Å². The number of aliphatic hydroxyl groups excluding tert-OH is 1. The summed E-state index contributed by atoms with van der Waals surface area (Å²) < 4.78 is 0. The second kappa shape index (κ2) is 7.33. The first-order valence-electron chi connectivity index (χ1n) is 5.92. The van der Waals surface area contributed by atoms with Crippen molar-refractivity contribution in [2.45, 2.75) is 19.4 Å². The van der Waals surface area contributed by atoms with E-state index in [1.54, 1.807) is 6.08 Å². The zero-order valence-corrected chi connectivity index (χ0v) is 10.7. The summed E-state index contributed by atoms with van der Waals surface area (Å²) in [5, 5.41) is 19.9. The van der Waals surface area contributed by atoms with E-state index < -0.39 is 17.9 Å². The van der Waals surface area contributed by atoms with E-state index in [2.05, 4.69) is 5.32 Å². The summed E-state index contributed by atoms with van der Waals surface area (Å²) in [6, 6.07) is 6.47. The lowest BCUT2D eigenvalue weighted by Gasteiger charge is -2.11. The molecule has 0 aliphatic rings. The van der Waals surface area contributed by atoms with Gasteiger partial charge in [0.1, 0.15) is 6.04 Å². The maximum Gasteiger partial charge on any atom is 0.326 e. The SMILES string of the molecule is Cc1ccccc1/C=C/C(=O)NC(CCO)C(=O)O. The number of aliphatic carboxylic acids is 1. The molecule has 102 valence electrons. The molecule has 1 aromatic rings. The highest BCUT2D eigenvalue weighted by Gasteiger charge is 2.17. The highest BCUT2D eigenvalue weighted by Crippen LogP contribution is 2.08. The van der Waals surface area contributed by atoms with Crippen LogP contribution in [0.1, 0.15) is 17.5 Å². The highest BCUT2D eigenvalue weighted by molar-refractivity contribution is 5.94. The number of hydrogen-bond donors (Lipinski definition) is 3. The van der Waals surface area contributed by atoms with Crippen molar-refractivity contribution in [2.24, 2.45) is 0 Å². The van der Waals surface area contributed by atoms with E-state index in [1.165, 1.54) is 6.08 Å². The van der Waals surface area contributed by atoms with Gasteiger partial charge in [0.05, 0.1) is 0 Å². The third-order valence-corrected chi connectivity index (χ3v) is 2.64. The molecule has 1 unspecified atom stereocenters. The Morgan fingerprint density at radius 1 is 1.37 bits per heavy atom. The number of nitrogens with one attached hydrogen (secondary N) is 1. The number of carboxylic acid groups (broad SMARTS) is 1. The van der Waals surface area contributed by atoms with Gasteiger partial charge in [-0.3, -0.25) is 4.79 Å². The van der Waals surface area contributed by atoms with Gasteiger partial charge in [0.2, 0.25) is 5.91 Å². The molecule has 1 atom stereocenters. The molecule has 0 heterocycles. The zero-order valence-electron chi connectivity index (χ0n) is 10.7. The Balaban J connectivity index is 2.64. The van der Waals surface area contributed by atoms with Gasteiger partial charge in [-0.25, -0.2) is 4.79 Å². The van der Waals surface area contributed by atoms with Gasteiger partial charge in [0, 0.05) is 19.1 Å². The van der Waals surface area contributed by atoms with Crippen LogP contribution in [-0.2, 0) is 9.59 Å². The van der Waals surface area contributed by atoms with Gasteiger partial charge >= 0.3 is 5.97 Å². The summed E-state index contributed by atoms with van der Waals surface area (Å²) in [6.45, 7) is 1.63. The van der Waals surface area contributed by atoms with Crippen LogP contribution < -0.4 is 5.32 Å². The Morgan fingerprint density at radius 3 is 2.63 bits per heavy atom. The fourth-order valence-electron chi connectivity index (χ4n) is 1.55. The zero-order chi connectivity index (χ0) is 14.3. The molecular formula is C14H17NO4. The summed E-state index contributed by atoms with van der Waals surface area (Å²) >= 11 is 0. The lowest BCUT2D eigenvalue weighted by molar-refractivity contribution is -0.141. The van der Waals surface area contributed by atoms with Gasteiger partial charge in [0.15, 0.2) is 0 Å². The average Bonchev–Trinajstić information content (AvgIpc) is 2.37. The molecule has 0 fully saturated rings. The Morgan fingerprint density at radius 2 is 2.05 bits per heavy atom. The summed E-state index contributed by atoms with van der Waals surface area (Å²) in [7, 11) is 0. The Bertz CT molecular complexity index is 482. The maximum atomic E-state index is 11.6. The van der Waals surface area contributed by atoms with E-state index in [0.29, 0.717) is 0 Å². The molecule has 0 aromatic heterocycles. The Hall–Kier alpha value is -2.14. The molecule has 0 spiro atoms. The smallest absolute Gasteiger partial charge is 0.326 e. The lowest BCUT2D eigenvalue weighted by atomic mass is 10.1. The van der Waals surface area contributed by atoms with Gasteiger partial charge < -0.3 is 15.5 Å². The molecule has 3 N–H and O–H groups in total. The van der Waals surface area contributed by atoms with Crippen molar-refractivity contribution >= 4 is 18.0 Å². The average molecular weight is 263 g/mol. The molecular weight excluding hydrogens is 246 g/mol. The molecule has 1 amide bonds. The molecule has 1 aromatic carbocycles. The van der Waals surface area contributed by atoms with Crippen molar-refractivity contribution in [3.63, 3.8) is 0 Å². The van der Waals surface area contributed by atoms with Gasteiger partial charge in [-0.2, -0.15) is 0 Å².